The smallest absolute Gasteiger partial charge is 0.326 e. The third-order valence-corrected chi connectivity index (χ3v) is 5.20. The highest BCUT2D eigenvalue weighted by molar-refractivity contribution is 7.98. The van der Waals surface area contributed by atoms with E-state index in [0.29, 0.717) is 38.0 Å². The molecular formula is C20H39N5O5S. The number of unbranched alkanes of at least 4 members (excludes halogenated alkanes) is 1. The summed E-state index contributed by atoms with van der Waals surface area (Å²) in [6, 6.07) is -3.60. The lowest BCUT2D eigenvalue weighted by Gasteiger charge is -2.26. The van der Waals surface area contributed by atoms with E-state index < -0.39 is 47.9 Å². The molecule has 0 aliphatic heterocycles. The average Bonchev–Trinajstić information content (AvgIpc) is 2.68. The van der Waals surface area contributed by atoms with Crippen LogP contribution in [0.25, 0.3) is 0 Å². The van der Waals surface area contributed by atoms with E-state index in [-0.39, 0.29) is 12.3 Å². The summed E-state index contributed by atoms with van der Waals surface area (Å²) in [5.41, 5.74) is 11.0. The van der Waals surface area contributed by atoms with Gasteiger partial charge < -0.3 is 32.5 Å². The van der Waals surface area contributed by atoms with Gasteiger partial charge in [-0.1, -0.05) is 13.8 Å². The van der Waals surface area contributed by atoms with Gasteiger partial charge in [0.25, 0.3) is 0 Å². The lowest BCUT2D eigenvalue weighted by molar-refractivity contribution is -0.142. The first kappa shape index (κ1) is 29.1. The zero-order valence-electron chi connectivity index (χ0n) is 19.0. The Morgan fingerprint density at radius 1 is 0.871 bits per heavy atom. The van der Waals surface area contributed by atoms with E-state index >= 15 is 0 Å². The minimum atomic E-state index is -1.14. The Balaban J connectivity index is 5.31. The summed E-state index contributed by atoms with van der Waals surface area (Å²) < 4.78 is 0. The van der Waals surface area contributed by atoms with E-state index in [4.69, 9.17) is 11.5 Å². The van der Waals surface area contributed by atoms with Gasteiger partial charge in [-0.25, -0.2) is 4.79 Å². The van der Waals surface area contributed by atoms with Crippen molar-refractivity contribution in [2.45, 2.75) is 77.0 Å². The first-order valence-corrected chi connectivity index (χ1v) is 12.0. The second kappa shape index (κ2) is 15.9. The predicted molar refractivity (Wildman–Crippen MR) is 122 cm³/mol. The molecule has 0 aromatic rings. The molecule has 4 unspecified atom stereocenters. The van der Waals surface area contributed by atoms with E-state index in [2.05, 4.69) is 16.0 Å². The summed E-state index contributed by atoms with van der Waals surface area (Å²) in [7, 11) is 0. The molecule has 8 N–H and O–H groups in total. The third kappa shape index (κ3) is 12.6. The monoisotopic (exact) mass is 461 g/mol. The number of nitrogens with two attached hydrogens (primary N) is 2. The number of aliphatic carboxylic acids is 1. The molecule has 0 aromatic heterocycles. The number of carboxylic acid groups (broad SMARTS) is 1. The Bertz CT molecular complexity index is 588. The zero-order valence-corrected chi connectivity index (χ0v) is 19.8. The van der Waals surface area contributed by atoms with Gasteiger partial charge in [0.15, 0.2) is 0 Å². The first-order chi connectivity index (χ1) is 14.5. The van der Waals surface area contributed by atoms with Gasteiger partial charge in [0.2, 0.25) is 17.7 Å². The van der Waals surface area contributed by atoms with Crippen molar-refractivity contribution >= 4 is 35.5 Å². The average molecular weight is 462 g/mol. The molecule has 0 rings (SSSR count). The van der Waals surface area contributed by atoms with Crippen LogP contribution >= 0.6 is 11.8 Å². The molecule has 0 aliphatic rings. The van der Waals surface area contributed by atoms with Crippen LogP contribution in [0.1, 0.15) is 52.9 Å². The maximum atomic E-state index is 12.8. The van der Waals surface area contributed by atoms with Gasteiger partial charge in [-0.15, -0.1) is 0 Å². The number of nitrogens with one attached hydrogen (secondary N) is 3. The largest absolute Gasteiger partial charge is 0.480 e. The summed E-state index contributed by atoms with van der Waals surface area (Å²) in [6.07, 6.45) is 4.05. The lowest BCUT2D eigenvalue weighted by Crippen LogP contribution is -2.57. The van der Waals surface area contributed by atoms with E-state index in [1.54, 1.807) is 0 Å². The molecular weight excluding hydrogens is 422 g/mol. The number of hydrogen-bond donors (Lipinski definition) is 6. The molecule has 11 heteroatoms. The van der Waals surface area contributed by atoms with Crippen molar-refractivity contribution in [1.82, 2.24) is 16.0 Å². The maximum Gasteiger partial charge on any atom is 0.326 e. The highest BCUT2D eigenvalue weighted by atomic mass is 32.2. The molecule has 3 amide bonds. The molecule has 0 saturated carbocycles. The Morgan fingerprint density at radius 2 is 1.42 bits per heavy atom. The van der Waals surface area contributed by atoms with Crippen LogP contribution in [0.2, 0.25) is 0 Å². The normalized spacial score (nSPS) is 14.9. The molecule has 0 bridgehead atoms. The van der Waals surface area contributed by atoms with Gasteiger partial charge in [-0.2, -0.15) is 11.8 Å². The second-order valence-electron chi connectivity index (χ2n) is 8.01. The fraction of sp³-hybridized carbons (Fsp3) is 0.800. The molecule has 0 saturated heterocycles. The number of thioether (sulfide) groups is 1. The van der Waals surface area contributed by atoms with Crippen molar-refractivity contribution in [3.05, 3.63) is 0 Å². The summed E-state index contributed by atoms with van der Waals surface area (Å²) in [4.78, 5) is 49.2. The highest BCUT2D eigenvalue weighted by Gasteiger charge is 2.30. The van der Waals surface area contributed by atoms with Crippen LogP contribution in [0.3, 0.4) is 0 Å². The Kier molecular flexibility index (Phi) is 14.9. The number of carbonyl (C=O) groups is 4. The van der Waals surface area contributed by atoms with Crippen molar-refractivity contribution in [3.8, 4) is 0 Å². The van der Waals surface area contributed by atoms with Gasteiger partial charge in [0.05, 0.1) is 6.04 Å². The lowest BCUT2D eigenvalue weighted by atomic mass is 10.0. The van der Waals surface area contributed by atoms with E-state index in [1.165, 1.54) is 18.7 Å². The van der Waals surface area contributed by atoms with Crippen LogP contribution in [-0.2, 0) is 19.2 Å². The zero-order chi connectivity index (χ0) is 24.0. The van der Waals surface area contributed by atoms with Crippen LogP contribution < -0.4 is 27.4 Å². The quantitative estimate of drug-likeness (QED) is 0.171. The Hall–Kier alpha value is -1.85. The van der Waals surface area contributed by atoms with Gasteiger partial charge in [-0.05, 0) is 63.5 Å². The van der Waals surface area contributed by atoms with Crippen LogP contribution in [-0.4, -0.2) is 71.5 Å². The molecule has 0 radical (unpaired) electrons. The fourth-order valence-electron chi connectivity index (χ4n) is 2.81. The number of carbonyl (C=O) groups excluding carboxylic acids is 3. The number of hydrogen-bond acceptors (Lipinski definition) is 7. The third-order valence-electron chi connectivity index (χ3n) is 4.56. The van der Waals surface area contributed by atoms with Crippen LogP contribution in [0.15, 0.2) is 0 Å². The van der Waals surface area contributed by atoms with Crippen LogP contribution in [0.4, 0.5) is 0 Å². The van der Waals surface area contributed by atoms with E-state index in [1.807, 2.05) is 20.1 Å². The molecule has 4 atom stereocenters. The molecule has 0 spiro atoms. The highest BCUT2D eigenvalue weighted by Crippen LogP contribution is 2.09. The summed E-state index contributed by atoms with van der Waals surface area (Å²) >= 11 is 1.52. The minimum Gasteiger partial charge on any atom is -0.480 e. The van der Waals surface area contributed by atoms with E-state index in [9.17, 15) is 24.3 Å². The topological polar surface area (TPSA) is 177 Å². The van der Waals surface area contributed by atoms with Crippen molar-refractivity contribution in [1.29, 1.82) is 0 Å². The maximum absolute atomic E-state index is 12.8. The number of carboxylic acids is 1. The molecule has 0 fully saturated rings. The molecule has 0 heterocycles. The predicted octanol–water partition coefficient (Wildman–Crippen LogP) is -0.199. The van der Waals surface area contributed by atoms with Crippen LogP contribution in [0, 0.1) is 5.92 Å². The first-order valence-electron chi connectivity index (χ1n) is 10.6. The van der Waals surface area contributed by atoms with Gasteiger partial charge in [0.1, 0.15) is 18.1 Å². The Labute approximate surface area is 189 Å². The molecule has 31 heavy (non-hydrogen) atoms. The van der Waals surface area contributed by atoms with Gasteiger partial charge >= 0.3 is 5.97 Å². The van der Waals surface area contributed by atoms with Gasteiger partial charge in [0, 0.05) is 0 Å². The van der Waals surface area contributed by atoms with Crippen molar-refractivity contribution in [3.63, 3.8) is 0 Å². The van der Waals surface area contributed by atoms with Crippen molar-refractivity contribution in [2.24, 2.45) is 17.4 Å². The fourth-order valence-corrected chi connectivity index (χ4v) is 3.28. The Morgan fingerprint density at radius 3 is 1.90 bits per heavy atom. The summed E-state index contributed by atoms with van der Waals surface area (Å²) in [5.74, 6) is -1.97. The molecule has 10 nitrogen and oxygen atoms in total. The van der Waals surface area contributed by atoms with Gasteiger partial charge in [-0.3, -0.25) is 14.4 Å². The molecule has 0 aromatic carbocycles. The van der Waals surface area contributed by atoms with E-state index in [0.717, 1.165) is 0 Å². The van der Waals surface area contributed by atoms with Crippen LogP contribution in [0.5, 0.6) is 0 Å². The SMILES string of the molecule is CSCCC(NC(=O)C(C)N)C(=O)NC(CC(C)C)C(=O)NC(CCCCN)C(=O)O. The molecule has 0 aliphatic carbocycles. The standard InChI is InChI=1S/C20H39N5O5S/c1-12(2)11-16(19(28)24-15(20(29)30)7-5-6-9-21)25-18(27)14(8-10-31-4)23-17(26)13(3)22/h12-16H,5-11,21-22H2,1-4H3,(H,23,26)(H,24,28)(H,25,27)(H,29,30). The minimum absolute atomic E-state index is 0.0693. The second-order valence-corrected chi connectivity index (χ2v) is 8.99. The summed E-state index contributed by atoms with van der Waals surface area (Å²) in [6.45, 7) is 5.75. The number of rotatable bonds is 16. The number of amides is 3. The van der Waals surface area contributed by atoms with Crippen molar-refractivity contribution in [2.75, 3.05) is 18.6 Å². The summed E-state index contributed by atoms with van der Waals surface area (Å²) in [5, 5.41) is 17.2. The molecule has 180 valence electrons. The van der Waals surface area contributed by atoms with Crippen molar-refractivity contribution < 1.29 is 24.3 Å².